The van der Waals surface area contributed by atoms with Gasteiger partial charge in [0.2, 0.25) is 0 Å². The Balaban J connectivity index is 1.41. The quantitative estimate of drug-likeness (QED) is 0.214. The van der Waals surface area contributed by atoms with Gasteiger partial charge in [0, 0.05) is 50.6 Å². The molecule has 5 aromatic rings. The molecule has 0 fully saturated rings. The van der Waals surface area contributed by atoms with Crippen molar-refractivity contribution in [3.63, 3.8) is 0 Å². The van der Waals surface area contributed by atoms with Crippen LogP contribution in [-0.2, 0) is 36.7 Å². The van der Waals surface area contributed by atoms with E-state index in [1.54, 1.807) is 4.68 Å². The molecule has 0 radical (unpaired) electrons. The fourth-order valence-corrected chi connectivity index (χ4v) is 6.81. The van der Waals surface area contributed by atoms with Crippen LogP contribution in [0.5, 0.6) is 5.75 Å². The Hall–Kier alpha value is -4.24. The van der Waals surface area contributed by atoms with Crippen LogP contribution in [-0.4, -0.2) is 55.4 Å². The minimum absolute atomic E-state index is 0.0845. The number of benzene rings is 3. The average Bonchev–Trinajstić information content (AvgIpc) is 3.50. The highest BCUT2D eigenvalue weighted by atomic mass is 16.5. The summed E-state index contributed by atoms with van der Waals surface area (Å²) in [6, 6.07) is 15.1. The van der Waals surface area contributed by atoms with Crippen molar-refractivity contribution in [3.05, 3.63) is 82.0 Å². The van der Waals surface area contributed by atoms with E-state index in [0.717, 1.165) is 70.4 Å². The van der Waals surface area contributed by atoms with Crippen molar-refractivity contribution in [2.75, 3.05) is 13.7 Å². The second-order valence-corrected chi connectivity index (χ2v) is 12.8. The second kappa shape index (κ2) is 11.4. The van der Waals surface area contributed by atoms with E-state index in [2.05, 4.69) is 77.5 Å². The van der Waals surface area contributed by atoms with Crippen LogP contribution in [0.3, 0.4) is 0 Å². The molecule has 1 aliphatic heterocycles. The van der Waals surface area contributed by atoms with E-state index < -0.39 is 5.41 Å². The fraction of sp³-hybridized carbons (Fsp3) is 0.429. The van der Waals surface area contributed by atoms with E-state index in [4.69, 9.17) is 9.47 Å². The molecule has 0 spiro atoms. The lowest BCUT2D eigenvalue weighted by molar-refractivity contribution is -0.151. The van der Waals surface area contributed by atoms with Gasteiger partial charge in [0.25, 0.3) is 0 Å². The van der Waals surface area contributed by atoms with Crippen LogP contribution in [0.2, 0.25) is 0 Å². The Morgan fingerprint density at radius 3 is 2.64 bits per heavy atom. The zero-order valence-electron chi connectivity index (χ0n) is 27.0. The molecule has 0 aliphatic carbocycles. The van der Waals surface area contributed by atoms with Gasteiger partial charge in [-0.25, -0.2) is 4.68 Å². The smallest absolute Gasteiger partial charge is 0.312 e. The van der Waals surface area contributed by atoms with Crippen LogP contribution in [0, 0.1) is 19.3 Å². The molecule has 0 saturated heterocycles. The van der Waals surface area contributed by atoms with Gasteiger partial charge in [0.1, 0.15) is 17.4 Å². The molecule has 2 atom stereocenters. The van der Waals surface area contributed by atoms with E-state index in [1.165, 1.54) is 23.8 Å². The number of carbonyl (C=O) groups excluding carboxylic acids is 1. The maximum atomic E-state index is 13.3. The lowest BCUT2D eigenvalue weighted by Crippen LogP contribution is -2.34. The van der Waals surface area contributed by atoms with Crippen LogP contribution in [0.15, 0.2) is 48.7 Å². The zero-order chi connectivity index (χ0) is 31.3. The predicted octanol–water partition coefficient (Wildman–Crippen LogP) is 5.98. The van der Waals surface area contributed by atoms with Gasteiger partial charge < -0.3 is 9.47 Å². The monoisotopic (exact) mass is 594 g/mol. The fourth-order valence-electron chi connectivity index (χ4n) is 6.81. The number of rotatable bonds is 7. The normalized spacial score (nSPS) is 16.5. The number of carbonyl (C=O) groups is 1. The number of aryl methyl sites for hydroxylation is 4. The minimum atomic E-state index is -0.834. The third-order valence-corrected chi connectivity index (χ3v) is 9.46. The third kappa shape index (κ3) is 5.13. The van der Waals surface area contributed by atoms with Crippen molar-refractivity contribution in [1.82, 2.24) is 29.7 Å². The highest BCUT2D eigenvalue weighted by molar-refractivity contribution is 5.83. The first-order chi connectivity index (χ1) is 21.0. The number of nitrogens with zero attached hydrogens (tertiary/aromatic N) is 6. The molecule has 1 unspecified atom stereocenters. The van der Waals surface area contributed by atoms with Crippen LogP contribution >= 0.6 is 0 Å². The molecule has 6 rings (SSSR count). The summed E-state index contributed by atoms with van der Waals surface area (Å²) in [5, 5.41) is 14.2. The number of methoxy groups -OCH3 is 1. The molecule has 9 heteroatoms. The number of hydrogen-bond acceptors (Lipinski definition) is 7. The maximum absolute atomic E-state index is 13.3. The van der Waals surface area contributed by atoms with E-state index in [0.29, 0.717) is 0 Å². The third-order valence-electron chi connectivity index (χ3n) is 9.46. The lowest BCUT2D eigenvalue weighted by Gasteiger charge is -2.34. The van der Waals surface area contributed by atoms with E-state index in [-0.39, 0.29) is 18.0 Å². The number of fused-ring (bicyclic) bond motifs is 3. The number of ether oxygens (including phenoxy) is 2. The van der Waals surface area contributed by atoms with Gasteiger partial charge in [-0.05, 0) is 80.1 Å². The molecule has 0 amide bonds. The summed E-state index contributed by atoms with van der Waals surface area (Å²) in [6.45, 7) is 12.7. The summed E-state index contributed by atoms with van der Waals surface area (Å²) in [5.41, 5.74) is 8.83. The van der Waals surface area contributed by atoms with Crippen LogP contribution in [0.25, 0.3) is 21.9 Å². The molecular weight excluding hydrogens is 552 g/mol. The van der Waals surface area contributed by atoms with Gasteiger partial charge in [-0.2, -0.15) is 5.10 Å². The largest absolute Gasteiger partial charge is 0.489 e. The Labute approximate surface area is 258 Å². The Morgan fingerprint density at radius 2 is 1.89 bits per heavy atom. The topological polar surface area (TPSA) is 87.3 Å². The van der Waals surface area contributed by atoms with Crippen molar-refractivity contribution >= 4 is 27.9 Å². The summed E-state index contributed by atoms with van der Waals surface area (Å²) < 4.78 is 15.6. The van der Waals surface area contributed by atoms with Gasteiger partial charge in [0.05, 0.1) is 29.8 Å². The summed E-state index contributed by atoms with van der Waals surface area (Å²) in [5.74, 6) is 0.437. The predicted molar refractivity (Wildman–Crippen MR) is 172 cm³/mol. The van der Waals surface area contributed by atoms with Crippen molar-refractivity contribution in [3.8, 4) is 5.75 Å². The van der Waals surface area contributed by atoms with Crippen molar-refractivity contribution in [2.45, 2.75) is 66.2 Å². The first kappa shape index (κ1) is 29.8. The van der Waals surface area contributed by atoms with E-state index in [9.17, 15) is 4.79 Å². The number of hydrogen-bond donors (Lipinski definition) is 0. The molecule has 0 N–H and O–H groups in total. The molecule has 44 heavy (non-hydrogen) atoms. The lowest BCUT2D eigenvalue weighted by atomic mass is 9.69. The first-order valence-corrected chi connectivity index (χ1v) is 15.3. The zero-order valence-corrected chi connectivity index (χ0v) is 27.0. The molecule has 3 aromatic carbocycles. The van der Waals surface area contributed by atoms with Gasteiger partial charge >= 0.3 is 5.97 Å². The van der Waals surface area contributed by atoms with Crippen LogP contribution in [0.1, 0.15) is 66.5 Å². The minimum Gasteiger partial charge on any atom is -0.489 e. The van der Waals surface area contributed by atoms with Gasteiger partial charge in [-0.15, -0.1) is 5.10 Å². The van der Waals surface area contributed by atoms with Crippen molar-refractivity contribution in [1.29, 1.82) is 0 Å². The number of esters is 1. The molecule has 9 nitrogen and oxygen atoms in total. The maximum Gasteiger partial charge on any atom is 0.312 e. The van der Waals surface area contributed by atoms with E-state index >= 15 is 0 Å². The molecule has 2 aromatic heterocycles. The average molecular weight is 595 g/mol. The van der Waals surface area contributed by atoms with Gasteiger partial charge in [0.15, 0.2) is 0 Å². The van der Waals surface area contributed by atoms with E-state index in [1.807, 2.05) is 44.9 Å². The van der Waals surface area contributed by atoms with Crippen LogP contribution in [0.4, 0.5) is 0 Å². The summed E-state index contributed by atoms with van der Waals surface area (Å²) in [4.78, 5) is 15.8. The Morgan fingerprint density at radius 1 is 1.09 bits per heavy atom. The summed E-state index contributed by atoms with van der Waals surface area (Å²) in [6.07, 6.45) is 2.90. The standard InChI is InChI=1S/C35H42N6O3/c1-9-27-20-41(19-26-15-30-24(16-31(26)44-27)17-36-39(30)6)18-25-14-23(11-10-21(25)2)32(35(4,5)34(42)43-8)28-12-13-29-33(22(28)3)37-38-40(29)7/h10-17,27,32H,9,18-20H2,1-8H3/t27-,32?/m1/s1. The highest BCUT2D eigenvalue weighted by Gasteiger charge is 2.41. The van der Waals surface area contributed by atoms with Crippen molar-refractivity contribution < 1.29 is 14.3 Å². The van der Waals surface area contributed by atoms with Crippen molar-refractivity contribution in [2.24, 2.45) is 19.5 Å². The highest BCUT2D eigenvalue weighted by Crippen LogP contribution is 2.44. The molecule has 1 aliphatic rings. The second-order valence-electron chi connectivity index (χ2n) is 12.8. The van der Waals surface area contributed by atoms with Crippen LogP contribution < -0.4 is 4.74 Å². The Bertz CT molecular complexity index is 1870. The molecular formula is C35H42N6O3. The summed E-state index contributed by atoms with van der Waals surface area (Å²) in [7, 11) is 5.33. The van der Waals surface area contributed by atoms with Gasteiger partial charge in [-0.3, -0.25) is 14.4 Å². The van der Waals surface area contributed by atoms with Gasteiger partial charge in [-0.1, -0.05) is 36.4 Å². The molecule has 3 heterocycles. The number of aromatic nitrogens is 5. The molecule has 0 bridgehead atoms. The Kier molecular flexibility index (Phi) is 7.70. The molecule has 230 valence electrons. The molecule has 0 saturated carbocycles. The SMILES string of the molecule is CC[C@@H]1CN(Cc2cc(C(c3ccc4c(nnn4C)c3C)C(C)(C)C(=O)OC)ccc2C)Cc2cc3c(cnn3C)cc2O1. The first-order valence-electron chi connectivity index (χ1n) is 15.3. The summed E-state index contributed by atoms with van der Waals surface area (Å²) >= 11 is 0.